The highest BCUT2D eigenvalue weighted by molar-refractivity contribution is 6.02. The average Bonchev–Trinajstić information content (AvgIpc) is 2.99. The van der Waals surface area contributed by atoms with Crippen molar-refractivity contribution in [2.75, 3.05) is 6.54 Å². The molecule has 0 aliphatic carbocycles. The van der Waals surface area contributed by atoms with Gasteiger partial charge in [-0.15, -0.1) is 0 Å². The number of carbonyl (C=O) groups is 2. The van der Waals surface area contributed by atoms with Gasteiger partial charge >= 0.3 is 5.97 Å². The minimum Gasteiger partial charge on any atom is -0.477 e. The summed E-state index contributed by atoms with van der Waals surface area (Å²) in [5, 5.41) is 11.4. The molecule has 2 heterocycles. The number of amides is 1. The van der Waals surface area contributed by atoms with Gasteiger partial charge in [-0.25, -0.2) is 14.8 Å². The number of hydrogen-bond acceptors (Lipinski definition) is 4. The molecule has 94 valence electrons. The van der Waals surface area contributed by atoms with Gasteiger partial charge in [0.2, 0.25) is 0 Å². The Labute approximate surface area is 102 Å². The summed E-state index contributed by atoms with van der Waals surface area (Å²) in [7, 11) is 0. The molecule has 8 heteroatoms. The number of aromatic nitrogens is 4. The van der Waals surface area contributed by atoms with Crippen LogP contribution in [0.15, 0.2) is 25.0 Å². The summed E-state index contributed by atoms with van der Waals surface area (Å²) < 4.78 is 1.79. The van der Waals surface area contributed by atoms with Gasteiger partial charge in [0, 0.05) is 25.5 Å². The first-order valence-corrected chi connectivity index (χ1v) is 5.19. The van der Waals surface area contributed by atoms with E-state index in [-0.39, 0.29) is 11.4 Å². The van der Waals surface area contributed by atoms with E-state index < -0.39 is 11.9 Å². The minimum atomic E-state index is -1.22. The van der Waals surface area contributed by atoms with Crippen LogP contribution in [0, 0.1) is 0 Å². The van der Waals surface area contributed by atoms with Crippen LogP contribution in [0.25, 0.3) is 0 Å². The number of aromatic carboxylic acids is 1. The average molecular weight is 249 g/mol. The van der Waals surface area contributed by atoms with Gasteiger partial charge in [-0.1, -0.05) is 0 Å². The molecular formula is C10H11N5O3. The first-order valence-electron chi connectivity index (χ1n) is 5.19. The second-order valence-electron chi connectivity index (χ2n) is 3.49. The van der Waals surface area contributed by atoms with E-state index in [9.17, 15) is 9.59 Å². The van der Waals surface area contributed by atoms with E-state index in [0.29, 0.717) is 13.1 Å². The van der Waals surface area contributed by atoms with Gasteiger partial charge in [0.05, 0.1) is 12.7 Å². The molecule has 0 bridgehead atoms. The van der Waals surface area contributed by atoms with E-state index in [0.717, 1.165) is 0 Å². The van der Waals surface area contributed by atoms with Crippen LogP contribution in [0.5, 0.6) is 0 Å². The van der Waals surface area contributed by atoms with Gasteiger partial charge < -0.3 is 20.0 Å². The zero-order valence-electron chi connectivity index (χ0n) is 9.33. The van der Waals surface area contributed by atoms with Crippen molar-refractivity contribution in [2.24, 2.45) is 0 Å². The molecular weight excluding hydrogens is 238 g/mol. The predicted molar refractivity (Wildman–Crippen MR) is 60.1 cm³/mol. The van der Waals surface area contributed by atoms with Crippen LogP contribution in [0.1, 0.15) is 21.0 Å². The fourth-order valence-electron chi connectivity index (χ4n) is 1.43. The van der Waals surface area contributed by atoms with Crippen LogP contribution in [-0.2, 0) is 6.54 Å². The van der Waals surface area contributed by atoms with E-state index in [1.807, 2.05) is 0 Å². The summed E-state index contributed by atoms with van der Waals surface area (Å²) in [4.78, 5) is 32.4. The van der Waals surface area contributed by atoms with Gasteiger partial charge in [-0.05, 0) is 0 Å². The Balaban J connectivity index is 1.91. The number of H-pyrrole nitrogens is 1. The Kier molecular flexibility index (Phi) is 3.37. The van der Waals surface area contributed by atoms with Crippen molar-refractivity contribution in [3.8, 4) is 0 Å². The van der Waals surface area contributed by atoms with Crippen molar-refractivity contribution in [2.45, 2.75) is 6.54 Å². The number of carboxylic acid groups (broad SMARTS) is 1. The first kappa shape index (κ1) is 11.8. The van der Waals surface area contributed by atoms with E-state index in [4.69, 9.17) is 5.11 Å². The normalized spacial score (nSPS) is 10.2. The topological polar surface area (TPSA) is 113 Å². The molecule has 0 unspecified atom stereocenters. The SMILES string of the molecule is O=C(NCCn1ccnc1)c1nc[nH]c1C(=O)O. The molecule has 0 radical (unpaired) electrons. The van der Waals surface area contributed by atoms with Crippen molar-refractivity contribution in [1.29, 1.82) is 0 Å². The highest BCUT2D eigenvalue weighted by Crippen LogP contribution is 2.02. The molecule has 2 aromatic heterocycles. The molecule has 0 saturated carbocycles. The molecule has 0 atom stereocenters. The molecule has 2 rings (SSSR count). The maximum atomic E-state index is 11.7. The lowest BCUT2D eigenvalue weighted by molar-refractivity contribution is 0.0685. The zero-order chi connectivity index (χ0) is 13.0. The van der Waals surface area contributed by atoms with Crippen LogP contribution in [0.3, 0.4) is 0 Å². The number of carboxylic acids is 1. The van der Waals surface area contributed by atoms with Crippen LogP contribution < -0.4 is 5.32 Å². The Morgan fingerprint density at radius 2 is 2.33 bits per heavy atom. The number of carbonyl (C=O) groups excluding carboxylic acids is 1. The molecule has 0 aromatic carbocycles. The third-order valence-corrected chi connectivity index (χ3v) is 2.28. The molecule has 3 N–H and O–H groups in total. The highest BCUT2D eigenvalue weighted by Gasteiger charge is 2.18. The fraction of sp³-hybridized carbons (Fsp3) is 0.200. The first-order chi connectivity index (χ1) is 8.68. The number of nitrogens with zero attached hydrogens (tertiary/aromatic N) is 3. The monoisotopic (exact) mass is 249 g/mol. The lowest BCUT2D eigenvalue weighted by atomic mass is 10.3. The summed E-state index contributed by atoms with van der Waals surface area (Å²) in [5.41, 5.74) is -0.330. The lowest BCUT2D eigenvalue weighted by Crippen LogP contribution is -2.28. The maximum Gasteiger partial charge on any atom is 0.354 e. The smallest absolute Gasteiger partial charge is 0.354 e. The fourth-order valence-corrected chi connectivity index (χ4v) is 1.43. The zero-order valence-corrected chi connectivity index (χ0v) is 9.33. The predicted octanol–water partition coefficient (Wildman–Crippen LogP) is -0.266. The minimum absolute atomic E-state index is 0.117. The number of rotatable bonds is 5. The third kappa shape index (κ3) is 2.54. The Bertz CT molecular complexity index is 546. The van der Waals surface area contributed by atoms with Gasteiger partial charge in [0.25, 0.3) is 5.91 Å². The van der Waals surface area contributed by atoms with Gasteiger partial charge in [0.1, 0.15) is 0 Å². The Morgan fingerprint density at radius 3 is 3.00 bits per heavy atom. The number of hydrogen-bond donors (Lipinski definition) is 3. The highest BCUT2D eigenvalue weighted by atomic mass is 16.4. The summed E-state index contributed by atoms with van der Waals surface area (Å²) in [6, 6.07) is 0. The van der Waals surface area contributed by atoms with Crippen molar-refractivity contribution in [1.82, 2.24) is 24.8 Å². The lowest BCUT2D eigenvalue weighted by Gasteiger charge is -2.04. The second kappa shape index (κ2) is 5.13. The molecule has 0 aliphatic heterocycles. The van der Waals surface area contributed by atoms with Crippen LogP contribution in [0.4, 0.5) is 0 Å². The molecule has 0 aliphatic rings. The van der Waals surface area contributed by atoms with Gasteiger partial charge in [-0.3, -0.25) is 4.79 Å². The summed E-state index contributed by atoms with van der Waals surface area (Å²) in [6.07, 6.45) is 6.21. The molecule has 18 heavy (non-hydrogen) atoms. The van der Waals surface area contributed by atoms with Crippen molar-refractivity contribution in [3.63, 3.8) is 0 Å². The van der Waals surface area contributed by atoms with Crippen molar-refractivity contribution in [3.05, 3.63) is 36.4 Å². The maximum absolute atomic E-state index is 11.7. The largest absolute Gasteiger partial charge is 0.477 e. The summed E-state index contributed by atoms with van der Waals surface area (Å²) >= 11 is 0. The van der Waals surface area contributed by atoms with Crippen LogP contribution in [0.2, 0.25) is 0 Å². The number of aromatic amines is 1. The number of imidazole rings is 2. The molecule has 8 nitrogen and oxygen atoms in total. The van der Waals surface area contributed by atoms with Gasteiger partial charge in [0.15, 0.2) is 11.4 Å². The number of nitrogens with one attached hydrogen (secondary N) is 2. The summed E-state index contributed by atoms with van der Waals surface area (Å²) in [6.45, 7) is 0.916. The van der Waals surface area contributed by atoms with E-state index in [1.165, 1.54) is 6.33 Å². The Morgan fingerprint density at radius 1 is 1.50 bits per heavy atom. The molecule has 2 aromatic rings. The standard InChI is InChI=1S/C10H11N5O3/c16-9(7-8(10(17)18)14-5-13-7)12-2-4-15-3-1-11-6-15/h1,3,5-6H,2,4H2,(H,12,16)(H,13,14)(H,17,18). The van der Waals surface area contributed by atoms with Crippen LogP contribution in [-0.4, -0.2) is 43.0 Å². The van der Waals surface area contributed by atoms with Crippen molar-refractivity contribution >= 4 is 11.9 Å². The van der Waals surface area contributed by atoms with Gasteiger partial charge in [-0.2, -0.15) is 0 Å². The summed E-state index contributed by atoms with van der Waals surface area (Å²) in [5.74, 6) is -1.74. The molecule has 0 spiro atoms. The molecule has 0 saturated heterocycles. The quantitative estimate of drug-likeness (QED) is 0.675. The van der Waals surface area contributed by atoms with Crippen molar-refractivity contribution < 1.29 is 14.7 Å². The molecule has 1 amide bonds. The van der Waals surface area contributed by atoms with E-state index in [2.05, 4.69) is 20.3 Å². The van der Waals surface area contributed by atoms with Crippen LogP contribution >= 0.6 is 0 Å². The van der Waals surface area contributed by atoms with E-state index >= 15 is 0 Å². The molecule has 0 fully saturated rings. The van der Waals surface area contributed by atoms with E-state index in [1.54, 1.807) is 23.3 Å². The third-order valence-electron chi connectivity index (χ3n) is 2.28. The Hall–Kier alpha value is -2.64. The second-order valence-corrected chi connectivity index (χ2v) is 3.49.